The number of rotatable bonds is 70. The zero-order valence-electron chi connectivity index (χ0n) is 60.2. The van der Waals surface area contributed by atoms with E-state index in [2.05, 4.69) is 55.4 Å². The molecule has 0 fully saturated rings. The third-order valence-corrected chi connectivity index (χ3v) is 18.7. The zero-order chi connectivity index (χ0) is 68.2. The number of phosphoric ester groups is 2. The summed E-state index contributed by atoms with van der Waals surface area (Å²) in [6.07, 6.45) is 46.0. The van der Waals surface area contributed by atoms with E-state index in [0.29, 0.717) is 37.5 Å². The van der Waals surface area contributed by atoms with E-state index in [4.69, 9.17) is 37.0 Å². The van der Waals surface area contributed by atoms with Gasteiger partial charge in [-0.05, 0) is 49.4 Å². The van der Waals surface area contributed by atoms with Crippen molar-refractivity contribution in [1.82, 2.24) is 0 Å². The lowest BCUT2D eigenvalue weighted by Gasteiger charge is -2.21. The largest absolute Gasteiger partial charge is 0.472 e. The van der Waals surface area contributed by atoms with Crippen molar-refractivity contribution in [2.45, 2.75) is 382 Å². The van der Waals surface area contributed by atoms with Gasteiger partial charge in [0, 0.05) is 25.7 Å². The van der Waals surface area contributed by atoms with Crippen molar-refractivity contribution in [2.24, 2.45) is 23.7 Å². The van der Waals surface area contributed by atoms with E-state index >= 15 is 0 Å². The SMILES string of the molecule is CC(C)CCCCCCCCCCCCCCCCCC(=O)O[C@H](COC(=O)CCCCCCCCCC(C)C)COP(=O)(O)OCC(O)COP(=O)(O)OC[C@@H](COC(=O)CCCCCCCCCC(C)C)OC(=O)CCCCCCCCCCCCCC(C)C. The molecule has 0 spiro atoms. The average molecular weight is 1350 g/mol. The molecule has 17 nitrogen and oxygen atoms in total. The summed E-state index contributed by atoms with van der Waals surface area (Å²) in [7, 11) is -9.91. The summed E-state index contributed by atoms with van der Waals surface area (Å²) in [6.45, 7) is 14.1. The van der Waals surface area contributed by atoms with Crippen molar-refractivity contribution < 1.29 is 80.2 Å². The number of hydrogen-bond donors (Lipinski definition) is 3. The maximum Gasteiger partial charge on any atom is 0.472 e. The Morgan fingerprint density at radius 3 is 0.674 bits per heavy atom. The zero-order valence-corrected chi connectivity index (χ0v) is 62.0. The third-order valence-electron chi connectivity index (χ3n) is 16.8. The van der Waals surface area contributed by atoms with Crippen LogP contribution in [0.25, 0.3) is 0 Å². The molecule has 92 heavy (non-hydrogen) atoms. The minimum atomic E-state index is -4.95. The van der Waals surface area contributed by atoms with Crippen molar-refractivity contribution >= 4 is 39.5 Å². The lowest BCUT2D eigenvalue weighted by atomic mass is 10.0. The Morgan fingerprint density at radius 1 is 0.272 bits per heavy atom. The first-order chi connectivity index (χ1) is 44.1. The predicted molar refractivity (Wildman–Crippen MR) is 372 cm³/mol. The molecule has 0 bridgehead atoms. The lowest BCUT2D eigenvalue weighted by molar-refractivity contribution is -0.161. The van der Waals surface area contributed by atoms with Gasteiger partial charge in [-0.2, -0.15) is 0 Å². The average Bonchev–Trinajstić information content (AvgIpc) is 1.49. The minimum Gasteiger partial charge on any atom is -0.462 e. The van der Waals surface area contributed by atoms with Gasteiger partial charge < -0.3 is 33.8 Å². The molecule has 0 amide bonds. The van der Waals surface area contributed by atoms with Crippen LogP contribution in [0.5, 0.6) is 0 Å². The Labute approximate surface area is 562 Å². The molecule has 546 valence electrons. The molecule has 0 aromatic heterocycles. The first kappa shape index (κ1) is 90.1. The van der Waals surface area contributed by atoms with Gasteiger partial charge in [-0.15, -0.1) is 0 Å². The fourth-order valence-corrected chi connectivity index (χ4v) is 12.6. The van der Waals surface area contributed by atoms with E-state index in [-0.39, 0.29) is 25.7 Å². The highest BCUT2D eigenvalue weighted by Gasteiger charge is 2.30. The number of aliphatic hydroxyl groups is 1. The van der Waals surface area contributed by atoms with Crippen LogP contribution in [0.15, 0.2) is 0 Å². The van der Waals surface area contributed by atoms with Gasteiger partial charge in [0.1, 0.15) is 19.3 Å². The topological polar surface area (TPSA) is 237 Å². The van der Waals surface area contributed by atoms with Crippen LogP contribution in [0.1, 0.15) is 364 Å². The third kappa shape index (κ3) is 66.7. The molecule has 0 saturated heterocycles. The Kier molecular flexibility index (Phi) is 61.3. The van der Waals surface area contributed by atoms with Gasteiger partial charge in [-0.3, -0.25) is 37.3 Å². The van der Waals surface area contributed by atoms with E-state index in [1.54, 1.807) is 0 Å². The molecule has 3 N–H and O–H groups in total. The minimum absolute atomic E-state index is 0.105. The number of phosphoric acid groups is 2. The number of carbonyl (C=O) groups excluding carboxylic acids is 4. The lowest BCUT2D eigenvalue weighted by Crippen LogP contribution is -2.30. The maximum absolute atomic E-state index is 13.0. The van der Waals surface area contributed by atoms with Crippen molar-refractivity contribution in [2.75, 3.05) is 39.6 Å². The van der Waals surface area contributed by atoms with E-state index in [1.807, 2.05) is 0 Å². The van der Waals surface area contributed by atoms with Crippen LogP contribution in [0.2, 0.25) is 0 Å². The molecule has 0 aliphatic carbocycles. The number of ether oxygens (including phenoxy) is 4. The first-order valence-corrected chi connectivity index (χ1v) is 40.7. The van der Waals surface area contributed by atoms with Crippen LogP contribution in [0.3, 0.4) is 0 Å². The van der Waals surface area contributed by atoms with Crippen LogP contribution in [0, 0.1) is 23.7 Å². The van der Waals surface area contributed by atoms with Crippen molar-refractivity contribution in [1.29, 1.82) is 0 Å². The molecule has 0 saturated carbocycles. The molecule has 19 heteroatoms. The first-order valence-electron chi connectivity index (χ1n) is 37.7. The Hall–Kier alpha value is -1.94. The highest BCUT2D eigenvalue weighted by atomic mass is 31.2. The summed E-state index contributed by atoms with van der Waals surface area (Å²) >= 11 is 0. The molecule has 0 rings (SSSR count). The highest BCUT2D eigenvalue weighted by Crippen LogP contribution is 2.45. The molecule has 0 aromatic rings. The summed E-state index contributed by atoms with van der Waals surface area (Å²) in [5.41, 5.74) is 0. The Balaban J connectivity index is 5.22. The van der Waals surface area contributed by atoms with Crippen LogP contribution in [-0.4, -0.2) is 96.7 Å². The summed E-state index contributed by atoms with van der Waals surface area (Å²) in [5.74, 6) is 0.851. The van der Waals surface area contributed by atoms with Crippen molar-refractivity contribution in [3.63, 3.8) is 0 Å². The van der Waals surface area contributed by atoms with E-state index in [9.17, 15) is 43.2 Å². The molecule has 0 radical (unpaired) electrons. The molecule has 0 aliphatic rings. The molecule has 0 heterocycles. The second-order valence-corrected chi connectivity index (χ2v) is 31.1. The summed E-state index contributed by atoms with van der Waals surface area (Å²) in [6, 6.07) is 0. The van der Waals surface area contributed by atoms with Crippen molar-refractivity contribution in [3.8, 4) is 0 Å². The fraction of sp³-hybridized carbons (Fsp3) is 0.945. The molecule has 0 aromatic carbocycles. The normalized spacial score (nSPS) is 14.2. The maximum atomic E-state index is 13.0. The molecular formula is C73H142O17P2. The monoisotopic (exact) mass is 1350 g/mol. The molecule has 5 atom stereocenters. The number of hydrogen-bond acceptors (Lipinski definition) is 15. The Morgan fingerprint density at radius 2 is 0.457 bits per heavy atom. The van der Waals surface area contributed by atoms with Gasteiger partial charge in [0.15, 0.2) is 12.2 Å². The second kappa shape index (κ2) is 62.6. The van der Waals surface area contributed by atoms with Crippen LogP contribution >= 0.6 is 15.6 Å². The van der Waals surface area contributed by atoms with Crippen LogP contribution in [-0.2, 0) is 65.4 Å². The fourth-order valence-electron chi connectivity index (χ4n) is 11.0. The summed E-state index contributed by atoms with van der Waals surface area (Å²) in [4.78, 5) is 72.6. The number of aliphatic hydroxyl groups excluding tert-OH is 1. The summed E-state index contributed by atoms with van der Waals surface area (Å²) in [5, 5.41) is 10.6. The number of carbonyl (C=O) groups is 4. The van der Waals surface area contributed by atoms with Crippen LogP contribution < -0.4 is 0 Å². The Bertz CT molecular complexity index is 1820. The van der Waals surface area contributed by atoms with Gasteiger partial charge >= 0.3 is 39.5 Å². The van der Waals surface area contributed by atoms with Crippen molar-refractivity contribution in [3.05, 3.63) is 0 Å². The molecule has 0 aliphatic heterocycles. The van der Waals surface area contributed by atoms with Gasteiger partial charge in [0.25, 0.3) is 0 Å². The smallest absolute Gasteiger partial charge is 0.462 e. The summed E-state index contributed by atoms with van der Waals surface area (Å²) < 4.78 is 68.4. The molecule has 3 unspecified atom stereocenters. The van der Waals surface area contributed by atoms with E-state index < -0.39 is 97.5 Å². The van der Waals surface area contributed by atoms with Gasteiger partial charge in [0.05, 0.1) is 26.4 Å². The molecular weight excluding hydrogens is 1210 g/mol. The second-order valence-electron chi connectivity index (χ2n) is 28.2. The standard InChI is InChI=1S/C73H142O17P2/c1-63(2)49-41-33-25-19-15-12-10-9-11-13-17-21-29-39-47-55-72(77)89-68(59-83-70(75)53-45-37-31-23-27-35-43-51-65(5)6)61-87-91(79,80)85-57-67(74)58-86-92(81,82)88-62-69(60-84-71(76)54-46-38-32-24-28-36-44-52-66(7)8)90-73(78)56-48-40-30-22-18-14-16-20-26-34-42-50-64(3)4/h63-69,74H,9-62H2,1-8H3,(H,79,80)(H,81,82)/t67?,68-,69-/m1/s1. The highest BCUT2D eigenvalue weighted by molar-refractivity contribution is 7.47. The number of esters is 4. The van der Waals surface area contributed by atoms with Gasteiger partial charge in [-0.25, -0.2) is 9.13 Å². The van der Waals surface area contributed by atoms with E-state index in [1.165, 1.54) is 154 Å². The van der Waals surface area contributed by atoms with Crippen LogP contribution in [0.4, 0.5) is 0 Å². The van der Waals surface area contributed by atoms with Gasteiger partial charge in [-0.1, -0.05) is 312 Å². The number of unbranched alkanes of at least 4 members (excludes halogenated alkanes) is 36. The van der Waals surface area contributed by atoms with Gasteiger partial charge in [0.2, 0.25) is 0 Å². The quantitative estimate of drug-likeness (QED) is 0.0222. The predicted octanol–water partition coefficient (Wildman–Crippen LogP) is 20.9. The van der Waals surface area contributed by atoms with E-state index in [0.717, 1.165) is 115 Å².